The van der Waals surface area contributed by atoms with E-state index in [0.29, 0.717) is 5.33 Å². The molecule has 6 heteroatoms. The molecule has 0 saturated carbocycles. The Bertz CT molecular complexity index is 543. The molecule has 0 unspecified atom stereocenters. The first kappa shape index (κ1) is 12.2. The number of nitrogens with zero attached hydrogens (tertiary/aromatic N) is 2. The number of hydrogen-bond acceptors (Lipinski definition) is 1. The summed E-state index contributed by atoms with van der Waals surface area (Å²) in [4.78, 5) is 0. The van der Waals surface area contributed by atoms with Crippen molar-refractivity contribution in [2.24, 2.45) is 0 Å². The minimum atomic E-state index is -1.47. The number of rotatable bonds is 2. The van der Waals surface area contributed by atoms with Gasteiger partial charge in [-0.25, -0.2) is 17.9 Å². The van der Waals surface area contributed by atoms with E-state index in [9.17, 15) is 13.2 Å². The van der Waals surface area contributed by atoms with Crippen LogP contribution in [0.15, 0.2) is 18.3 Å². The highest BCUT2D eigenvalue weighted by atomic mass is 79.9. The molecule has 2 nitrogen and oxygen atoms in total. The maximum atomic E-state index is 13.1. The minimum absolute atomic E-state index is 0.158. The van der Waals surface area contributed by atoms with Crippen LogP contribution in [0, 0.1) is 24.4 Å². The third-order valence-electron chi connectivity index (χ3n) is 2.47. The molecule has 0 bridgehead atoms. The van der Waals surface area contributed by atoms with E-state index in [1.54, 1.807) is 13.1 Å². The number of hydrogen-bond donors (Lipinski definition) is 0. The largest absolute Gasteiger partial charge is 0.238 e. The van der Waals surface area contributed by atoms with Crippen LogP contribution in [0.1, 0.15) is 11.3 Å². The fraction of sp³-hybridized carbons (Fsp3) is 0.182. The highest BCUT2D eigenvalue weighted by Gasteiger charge is 2.14. The van der Waals surface area contributed by atoms with Gasteiger partial charge in [0.2, 0.25) is 0 Å². The molecular formula is C11H8BrF3N2. The van der Waals surface area contributed by atoms with Crippen molar-refractivity contribution >= 4 is 15.9 Å². The van der Waals surface area contributed by atoms with Crippen molar-refractivity contribution in [3.63, 3.8) is 0 Å². The van der Waals surface area contributed by atoms with E-state index in [1.165, 1.54) is 4.68 Å². The third kappa shape index (κ3) is 2.09. The smallest absolute Gasteiger partial charge is 0.194 e. The molecule has 1 aromatic carbocycles. The van der Waals surface area contributed by atoms with Gasteiger partial charge in [-0.1, -0.05) is 15.9 Å². The Kier molecular flexibility index (Phi) is 3.24. The highest BCUT2D eigenvalue weighted by Crippen LogP contribution is 2.20. The normalized spacial score (nSPS) is 10.9. The Hall–Kier alpha value is -1.30. The second kappa shape index (κ2) is 4.52. The van der Waals surface area contributed by atoms with Gasteiger partial charge in [0, 0.05) is 28.7 Å². The van der Waals surface area contributed by atoms with Crippen molar-refractivity contribution in [3.05, 3.63) is 47.0 Å². The van der Waals surface area contributed by atoms with Crippen LogP contribution >= 0.6 is 15.9 Å². The lowest BCUT2D eigenvalue weighted by Crippen LogP contribution is -2.02. The first-order valence-electron chi connectivity index (χ1n) is 4.79. The van der Waals surface area contributed by atoms with Gasteiger partial charge in [-0.15, -0.1) is 0 Å². The van der Waals surface area contributed by atoms with Crippen LogP contribution in [0.3, 0.4) is 0 Å². The van der Waals surface area contributed by atoms with E-state index < -0.39 is 17.5 Å². The lowest BCUT2D eigenvalue weighted by molar-refractivity contribution is 0.446. The topological polar surface area (TPSA) is 17.8 Å². The maximum absolute atomic E-state index is 13.1. The summed E-state index contributed by atoms with van der Waals surface area (Å²) in [5.74, 6) is -3.93. The minimum Gasteiger partial charge on any atom is -0.238 e. The SMILES string of the molecule is Cc1c(CBr)cnn1-c1cc(F)c(F)c(F)c1. The standard InChI is InChI=1S/C11H8BrF3N2/c1-6-7(4-12)5-16-17(6)8-2-9(13)11(15)10(14)3-8/h2-3,5H,4H2,1H3. The zero-order chi connectivity index (χ0) is 12.6. The van der Waals surface area contributed by atoms with Crippen molar-refractivity contribution < 1.29 is 13.2 Å². The molecule has 2 rings (SSSR count). The van der Waals surface area contributed by atoms with E-state index in [1.807, 2.05) is 0 Å². The van der Waals surface area contributed by atoms with E-state index >= 15 is 0 Å². The van der Waals surface area contributed by atoms with Crippen molar-refractivity contribution in [2.45, 2.75) is 12.3 Å². The molecular weight excluding hydrogens is 297 g/mol. The Morgan fingerprint density at radius 2 is 1.82 bits per heavy atom. The van der Waals surface area contributed by atoms with E-state index in [-0.39, 0.29) is 5.69 Å². The van der Waals surface area contributed by atoms with Gasteiger partial charge >= 0.3 is 0 Å². The van der Waals surface area contributed by atoms with Crippen LogP contribution in [-0.4, -0.2) is 9.78 Å². The molecule has 0 atom stereocenters. The zero-order valence-electron chi connectivity index (χ0n) is 8.85. The quantitative estimate of drug-likeness (QED) is 0.613. The Morgan fingerprint density at radius 3 is 2.29 bits per heavy atom. The van der Waals surface area contributed by atoms with E-state index in [4.69, 9.17) is 0 Å². The van der Waals surface area contributed by atoms with Crippen LogP contribution in [0.25, 0.3) is 5.69 Å². The van der Waals surface area contributed by atoms with Crippen molar-refractivity contribution in [1.29, 1.82) is 0 Å². The fourth-order valence-electron chi connectivity index (χ4n) is 1.50. The second-order valence-electron chi connectivity index (χ2n) is 3.52. The lowest BCUT2D eigenvalue weighted by atomic mass is 10.2. The first-order chi connectivity index (χ1) is 8.04. The van der Waals surface area contributed by atoms with Crippen LogP contribution in [0.4, 0.5) is 13.2 Å². The van der Waals surface area contributed by atoms with Crippen molar-refractivity contribution in [2.75, 3.05) is 0 Å². The second-order valence-corrected chi connectivity index (χ2v) is 4.08. The zero-order valence-corrected chi connectivity index (χ0v) is 10.4. The molecule has 17 heavy (non-hydrogen) atoms. The Morgan fingerprint density at radius 1 is 1.24 bits per heavy atom. The summed E-state index contributed by atoms with van der Waals surface area (Å²) in [5, 5.41) is 4.59. The molecule has 0 N–H and O–H groups in total. The number of aromatic nitrogens is 2. The molecule has 0 aliphatic carbocycles. The van der Waals surface area contributed by atoms with Gasteiger partial charge in [0.05, 0.1) is 11.9 Å². The molecule has 0 radical (unpaired) electrons. The molecule has 0 saturated heterocycles. The fourth-order valence-corrected chi connectivity index (χ4v) is 2.05. The van der Waals surface area contributed by atoms with Gasteiger partial charge in [0.25, 0.3) is 0 Å². The van der Waals surface area contributed by atoms with Gasteiger partial charge in [-0.05, 0) is 6.92 Å². The van der Waals surface area contributed by atoms with Crippen LogP contribution < -0.4 is 0 Å². The molecule has 90 valence electrons. The summed E-state index contributed by atoms with van der Waals surface area (Å²) in [6, 6.07) is 1.83. The predicted molar refractivity (Wildman–Crippen MR) is 60.8 cm³/mol. The van der Waals surface area contributed by atoms with Gasteiger partial charge in [0.15, 0.2) is 17.5 Å². The van der Waals surface area contributed by atoms with Crippen molar-refractivity contribution in [1.82, 2.24) is 9.78 Å². The van der Waals surface area contributed by atoms with Gasteiger partial charge in [-0.2, -0.15) is 5.10 Å². The lowest BCUT2D eigenvalue weighted by Gasteiger charge is -2.06. The number of alkyl halides is 1. The molecule has 1 aromatic heterocycles. The number of benzene rings is 1. The van der Waals surface area contributed by atoms with E-state index in [2.05, 4.69) is 21.0 Å². The van der Waals surface area contributed by atoms with Crippen LogP contribution in [0.2, 0.25) is 0 Å². The van der Waals surface area contributed by atoms with Crippen molar-refractivity contribution in [3.8, 4) is 5.69 Å². The van der Waals surface area contributed by atoms with Gasteiger partial charge in [0.1, 0.15) is 0 Å². The Labute approximate surface area is 104 Å². The first-order valence-corrected chi connectivity index (χ1v) is 5.91. The summed E-state index contributed by atoms with van der Waals surface area (Å²) < 4.78 is 40.3. The molecule has 0 spiro atoms. The van der Waals surface area contributed by atoms with Crippen LogP contribution in [0.5, 0.6) is 0 Å². The molecule has 2 aromatic rings. The molecule has 0 aliphatic heterocycles. The molecule has 0 fully saturated rings. The highest BCUT2D eigenvalue weighted by molar-refractivity contribution is 9.08. The summed E-state index contributed by atoms with van der Waals surface area (Å²) in [7, 11) is 0. The predicted octanol–water partition coefficient (Wildman–Crippen LogP) is 3.49. The maximum Gasteiger partial charge on any atom is 0.194 e. The molecule has 1 heterocycles. The van der Waals surface area contributed by atoms with Gasteiger partial charge < -0.3 is 0 Å². The molecule has 0 amide bonds. The van der Waals surface area contributed by atoms with Gasteiger partial charge in [-0.3, -0.25) is 0 Å². The monoisotopic (exact) mass is 304 g/mol. The Balaban J connectivity index is 2.57. The summed E-state index contributed by atoms with van der Waals surface area (Å²) >= 11 is 3.27. The molecule has 0 aliphatic rings. The summed E-state index contributed by atoms with van der Waals surface area (Å²) in [6.07, 6.45) is 1.59. The summed E-state index contributed by atoms with van der Waals surface area (Å²) in [6.45, 7) is 1.77. The third-order valence-corrected chi connectivity index (χ3v) is 3.07. The number of halogens is 4. The van der Waals surface area contributed by atoms with E-state index in [0.717, 1.165) is 23.4 Å². The average Bonchev–Trinajstić information content (AvgIpc) is 2.66. The summed E-state index contributed by atoms with van der Waals surface area (Å²) in [5.41, 5.74) is 1.80. The van der Waals surface area contributed by atoms with Crippen LogP contribution in [-0.2, 0) is 5.33 Å². The average molecular weight is 305 g/mol.